The fourth-order valence-corrected chi connectivity index (χ4v) is 0.408. The average Bonchev–Trinajstić information content (AvgIpc) is 1.99. The topological polar surface area (TPSA) is 12.0 Å². The van der Waals surface area contributed by atoms with E-state index >= 15 is 0 Å². The number of hydrogen-bond donors (Lipinski definition) is 1. The fraction of sp³-hybridized carbons (Fsp3) is 0.333. The molecule has 1 N–H and O–H groups in total. The second-order valence-corrected chi connectivity index (χ2v) is 2.21. The molecule has 0 saturated heterocycles. The lowest BCUT2D eigenvalue weighted by molar-refractivity contribution is 0.990. The van der Waals surface area contributed by atoms with Crippen LogP contribution in [0.15, 0.2) is 36.1 Å². The number of hydrogen-bond acceptors (Lipinski definition) is 1. The maximum Gasteiger partial charge on any atom is 0.00725 e. The lowest BCUT2D eigenvalue weighted by atomic mass is 10.2. The molecule has 0 saturated carbocycles. The Hall–Kier alpha value is -0.980. The summed E-state index contributed by atoms with van der Waals surface area (Å²) in [6.45, 7) is 7.69. The van der Waals surface area contributed by atoms with Crippen LogP contribution in [0.3, 0.4) is 0 Å². The summed E-state index contributed by atoms with van der Waals surface area (Å²) in [6.07, 6.45) is 5.88. The first-order valence-electron chi connectivity index (χ1n) is 3.36. The predicted octanol–water partition coefficient (Wildman–Crippen LogP) is 2.24. The molecule has 0 aromatic heterocycles. The molecule has 0 bridgehead atoms. The van der Waals surface area contributed by atoms with Gasteiger partial charge >= 0.3 is 0 Å². The first-order valence-corrected chi connectivity index (χ1v) is 3.36. The van der Waals surface area contributed by atoms with Crippen LogP contribution >= 0.6 is 0 Å². The van der Waals surface area contributed by atoms with Gasteiger partial charge in [-0.05, 0) is 19.9 Å². The SMILES string of the molecule is C=C/C(C)=C\C=C(/C)NC. The fourth-order valence-electron chi connectivity index (χ4n) is 0.408. The Bertz CT molecular complexity index is 164. The van der Waals surface area contributed by atoms with E-state index in [4.69, 9.17) is 0 Å². The normalized spacial score (nSPS) is 13.1. The van der Waals surface area contributed by atoms with E-state index in [1.54, 1.807) is 0 Å². The molecule has 56 valence electrons. The quantitative estimate of drug-likeness (QED) is 0.588. The minimum atomic E-state index is 1.15. The summed E-state index contributed by atoms with van der Waals surface area (Å²) in [7, 11) is 1.91. The van der Waals surface area contributed by atoms with Crippen molar-refractivity contribution < 1.29 is 0 Å². The third-order valence-electron chi connectivity index (χ3n) is 1.31. The van der Waals surface area contributed by atoms with E-state index in [9.17, 15) is 0 Å². The maximum absolute atomic E-state index is 3.65. The van der Waals surface area contributed by atoms with Gasteiger partial charge in [-0.25, -0.2) is 0 Å². The minimum absolute atomic E-state index is 1.15. The summed E-state index contributed by atoms with van der Waals surface area (Å²) in [4.78, 5) is 0. The van der Waals surface area contributed by atoms with E-state index in [0.29, 0.717) is 0 Å². The van der Waals surface area contributed by atoms with Crippen LogP contribution in [0, 0.1) is 0 Å². The molecule has 1 nitrogen and oxygen atoms in total. The van der Waals surface area contributed by atoms with Crippen molar-refractivity contribution in [1.29, 1.82) is 0 Å². The monoisotopic (exact) mass is 137 g/mol. The highest BCUT2D eigenvalue weighted by atomic mass is 14.8. The molecule has 0 unspecified atom stereocenters. The molecular weight excluding hydrogens is 122 g/mol. The third-order valence-corrected chi connectivity index (χ3v) is 1.31. The van der Waals surface area contributed by atoms with Gasteiger partial charge in [0.2, 0.25) is 0 Å². The number of rotatable bonds is 3. The molecule has 0 fully saturated rings. The van der Waals surface area contributed by atoms with Gasteiger partial charge in [0.25, 0.3) is 0 Å². The summed E-state index contributed by atoms with van der Waals surface area (Å²) in [5.74, 6) is 0. The van der Waals surface area contributed by atoms with Crippen LogP contribution in [-0.4, -0.2) is 7.05 Å². The molecule has 0 radical (unpaired) electrons. The van der Waals surface area contributed by atoms with Crippen molar-refractivity contribution in [2.45, 2.75) is 13.8 Å². The van der Waals surface area contributed by atoms with E-state index in [2.05, 4.69) is 11.9 Å². The first kappa shape index (κ1) is 9.02. The van der Waals surface area contributed by atoms with E-state index in [1.165, 1.54) is 5.57 Å². The van der Waals surface area contributed by atoms with Crippen LogP contribution in [0.1, 0.15) is 13.8 Å². The Labute approximate surface area is 63.1 Å². The van der Waals surface area contributed by atoms with Crippen LogP contribution < -0.4 is 5.32 Å². The van der Waals surface area contributed by atoms with Crippen molar-refractivity contribution in [2.75, 3.05) is 7.05 Å². The Kier molecular flexibility index (Phi) is 4.38. The van der Waals surface area contributed by atoms with E-state index in [-0.39, 0.29) is 0 Å². The summed E-state index contributed by atoms with van der Waals surface area (Å²) >= 11 is 0. The van der Waals surface area contributed by atoms with Gasteiger partial charge in [-0.15, -0.1) is 0 Å². The first-order chi connectivity index (χ1) is 4.70. The van der Waals surface area contributed by atoms with Crippen LogP contribution in [-0.2, 0) is 0 Å². The van der Waals surface area contributed by atoms with Gasteiger partial charge in [-0.1, -0.05) is 24.3 Å². The molecule has 0 aliphatic carbocycles. The lowest BCUT2D eigenvalue weighted by Crippen LogP contribution is -2.00. The second kappa shape index (κ2) is 4.86. The molecule has 0 aromatic carbocycles. The smallest absolute Gasteiger partial charge is 0.00725 e. The molecule has 0 amide bonds. The highest BCUT2D eigenvalue weighted by Gasteiger charge is 1.78. The van der Waals surface area contributed by atoms with E-state index in [1.807, 2.05) is 39.1 Å². The Morgan fingerprint density at radius 3 is 2.30 bits per heavy atom. The maximum atomic E-state index is 3.65. The van der Waals surface area contributed by atoms with Crippen molar-refractivity contribution in [2.24, 2.45) is 0 Å². The second-order valence-electron chi connectivity index (χ2n) is 2.21. The van der Waals surface area contributed by atoms with Crippen molar-refractivity contribution >= 4 is 0 Å². The number of nitrogens with one attached hydrogen (secondary N) is 1. The molecule has 0 atom stereocenters. The zero-order valence-corrected chi connectivity index (χ0v) is 6.94. The summed E-state index contributed by atoms with van der Waals surface area (Å²) in [6, 6.07) is 0. The van der Waals surface area contributed by atoms with Gasteiger partial charge < -0.3 is 5.32 Å². The largest absolute Gasteiger partial charge is 0.392 e. The summed E-state index contributed by atoms with van der Waals surface area (Å²) < 4.78 is 0. The Morgan fingerprint density at radius 2 is 1.90 bits per heavy atom. The molecule has 0 heterocycles. The molecular formula is C9H15N. The van der Waals surface area contributed by atoms with Crippen LogP contribution in [0.2, 0.25) is 0 Å². The van der Waals surface area contributed by atoms with E-state index in [0.717, 1.165) is 5.70 Å². The molecule has 0 aromatic rings. The van der Waals surface area contributed by atoms with Crippen LogP contribution in [0.5, 0.6) is 0 Å². The molecule has 10 heavy (non-hydrogen) atoms. The van der Waals surface area contributed by atoms with Crippen molar-refractivity contribution in [1.82, 2.24) is 5.32 Å². The average molecular weight is 137 g/mol. The summed E-state index contributed by atoms with van der Waals surface area (Å²) in [5, 5.41) is 3.03. The van der Waals surface area contributed by atoms with Gasteiger partial charge in [0, 0.05) is 12.7 Å². The molecule has 0 aliphatic rings. The Balaban J connectivity index is 4.03. The highest BCUT2D eigenvalue weighted by Crippen LogP contribution is 1.94. The zero-order chi connectivity index (χ0) is 7.98. The standard InChI is InChI=1S/C9H15N/c1-5-8(2)6-7-9(3)10-4/h5-7,10H,1H2,2-4H3/b8-6-,9-7+. The van der Waals surface area contributed by atoms with Gasteiger partial charge in [0.15, 0.2) is 0 Å². The molecule has 0 rings (SSSR count). The zero-order valence-electron chi connectivity index (χ0n) is 6.94. The minimum Gasteiger partial charge on any atom is -0.392 e. The molecule has 1 heteroatoms. The Morgan fingerprint density at radius 1 is 1.30 bits per heavy atom. The highest BCUT2D eigenvalue weighted by molar-refractivity contribution is 5.21. The molecule has 0 spiro atoms. The van der Waals surface area contributed by atoms with Gasteiger partial charge in [-0.3, -0.25) is 0 Å². The van der Waals surface area contributed by atoms with Crippen molar-refractivity contribution in [3.63, 3.8) is 0 Å². The van der Waals surface area contributed by atoms with Crippen LogP contribution in [0.25, 0.3) is 0 Å². The van der Waals surface area contributed by atoms with Gasteiger partial charge in [0.1, 0.15) is 0 Å². The number of allylic oxidation sites excluding steroid dienone is 5. The third kappa shape index (κ3) is 3.96. The molecule has 0 aliphatic heterocycles. The van der Waals surface area contributed by atoms with E-state index < -0.39 is 0 Å². The van der Waals surface area contributed by atoms with Gasteiger partial charge in [0.05, 0.1) is 0 Å². The van der Waals surface area contributed by atoms with Crippen molar-refractivity contribution in [3.05, 3.63) is 36.1 Å². The van der Waals surface area contributed by atoms with Crippen LogP contribution in [0.4, 0.5) is 0 Å². The lowest BCUT2D eigenvalue weighted by Gasteiger charge is -1.94. The van der Waals surface area contributed by atoms with Gasteiger partial charge in [-0.2, -0.15) is 0 Å². The van der Waals surface area contributed by atoms with Crippen molar-refractivity contribution in [3.8, 4) is 0 Å². The predicted molar refractivity (Wildman–Crippen MR) is 46.8 cm³/mol. The summed E-state index contributed by atoms with van der Waals surface area (Å²) in [5.41, 5.74) is 2.33.